The van der Waals surface area contributed by atoms with Gasteiger partial charge in [-0.05, 0) is 0 Å². The zero-order valence-corrected chi connectivity index (χ0v) is 8.93. The molecular weight excluding hydrogens is 131 g/mol. The van der Waals surface area contributed by atoms with Gasteiger partial charge in [0.15, 0.2) is 0 Å². The van der Waals surface area contributed by atoms with Crippen molar-refractivity contribution < 1.29 is 29.6 Å². The summed E-state index contributed by atoms with van der Waals surface area (Å²) >= 11 is 0. The van der Waals surface area contributed by atoms with Crippen molar-refractivity contribution in [2.45, 2.75) is 20.8 Å². The molecular formula is C6H12ClNa. The van der Waals surface area contributed by atoms with Gasteiger partial charge in [0, 0.05) is 0 Å². The summed E-state index contributed by atoms with van der Waals surface area (Å²) in [7, 11) is 0. The van der Waals surface area contributed by atoms with Crippen LogP contribution >= 0.6 is 12.4 Å². The zero-order valence-electron chi connectivity index (χ0n) is 6.12. The maximum atomic E-state index is 3.72. The van der Waals surface area contributed by atoms with Crippen molar-refractivity contribution in [3.05, 3.63) is 18.1 Å². The maximum absolute atomic E-state index is 3.72. The second-order valence-corrected chi connectivity index (χ2v) is 1.78. The Labute approximate surface area is 80.4 Å². The largest absolute Gasteiger partial charge is 1.00 e. The van der Waals surface area contributed by atoms with Gasteiger partial charge in [-0.3, -0.25) is 0 Å². The van der Waals surface area contributed by atoms with Crippen LogP contribution in [0.2, 0.25) is 0 Å². The Morgan fingerprint density at radius 2 is 1.25 bits per heavy atom. The average Bonchev–Trinajstić information content (AvgIpc) is 1.36. The van der Waals surface area contributed by atoms with Crippen LogP contribution in [0.4, 0.5) is 0 Å². The smallest absolute Gasteiger partial charge is 0.242 e. The molecule has 0 fully saturated rings. The first-order valence-corrected chi connectivity index (χ1v) is 2.10. The molecule has 0 radical (unpaired) electrons. The minimum absolute atomic E-state index is 0. The summed E-state index contributed by atoms with van der Waals surface area (Å²) in [6.07, 6.45) is 0. The van der Waals surface area contributed by atoms with Gasteiger partial charge in [0.05, 0.1) is 0 Å². The van der Waals surface area contributed by atoms with Gasteiger partial charge < -0.3 is 0 Å². The molecule has 0 aromatic heterocycles. The van der Waals surface area contributed by atoms with Crippen LogP contribution in [-0.4, -0.2) is 0 Å². The van der Waals surface area contributed by atoms with E-state index in [9.17, 15) is 0 Å². The van der Waals surface area contributed by atoms with E-state index >= 15 is 0 Å². The molecule has 0 aliphatic heterocycles. The molecule has 0 bridgehead atoms. The summed E-state index contributed by atoms with van der Waals surface area (Å²) in [5, 5.41) is 0. The van der Waals surface area contributed by atoms with E-state index in [4.69, 9.17) is 0 Å². The van der Waals surface area contributed by atoms with Gasteiger partial charge in [0.25, 0.3) is 0 Å². The summed E-state index contributed by atoms with van der Waals surface area (Å²) in [6, 6.07) is 0. The minimum atomic E-state index is 0. The molecule has 0 aliphatic rings. The first-order chi connectivity index (χ1) is 2.64. The third kappa shape index (κ3) is 10.0. The number of hydrogen-bond acceptors (Lipinski definition) is 0. The number of halogens is 1. The molecule has 0 saturated heterocycles. The fourth-order valence-electron chi connectivity index (χ4n) is 0. The number of hydrogen-bond donors (Lipinski definition) is 0. The van der Waals surface area contributed by atoms with Gasteiger partial charge in [-0.25, -0.2) is 18.1 Å². The molecule has 2 heteroatoms. The Morgan fingerprint density at radius 3 is 1.25 bits per heavy atom. The Bertz CT molecular complexity index is 58.6. The molecule has 0 aromatic rings. The normalized spacial score (nSPS) is 5.88. The van der Waals surface area contributed by atoms with E-state index in [1.807, 2.05) is 6.92 Å². The second kappa shape index (κ2) is 7.90. The van der Waals surface area contributed by atoms with Crippen molar-refractivity contribution in [2.75, 3.05) is 0 Å². The average molecular weight is 143 g/mol. The fourth-order valence-corrected chi connectivity index (χ4v) is 0. The van der Waals surface area contributed by atoms with Gasteiger partial charge >= 0.3 is 29.6 Å². The van der Waals surface area contributed by atoms with Crippen LogP contribution < -0.4 is 29.6 Å². The van der Waals surface area contributed by atoms with Crippen molar-refractivity contribution in [3.8, 4) is 0 Å². The molecule has 0 N–H and O–H groups in total. The summed E-state index contributed by atoms with van der Waals surface area (Å²) in [6.45, 7) is 9.84. The van der Waals surface area contributed by atoms with Crippen LogP contribution in [0.25, 0.3) is 0 Å². The van der Waals surface area contributed by atoms with Crippen molar-refractivity contribution in [2.24, 2.45) is 0 Å². The van der Waals surface area contributed by atoms with E-state index in [2.05, 4.69) is 20.8 Å². The summed E-state index contributed by atoms with van der Waals surface area (Å²) in [5.74, 6) is 0. The van der Waals surface area contributed by atoms with E-state index in [-0.39, 0.29) is 42.0 Å². The summed E-state index contributed by atoms with van der Waals surface area (Å²) in [4.78, 5) is 0. The SMILES string of the molecule is Cl.[CH2-]C(C)=C(C)C.[Na+]. The van der Waals surface area contributed by atoms with Crippen LogP contribution in [0.5, 0.6) is 0 Å². The van der Waals surface area contributed by atoms with E-state index < -0.39 is 0 Å². The van der Waals surface area contributed by atoms with Crippen molar-refractivity contribution in [1.82, 2.24) is 0 Å². The molecule has 8 heavy (non-hydrogen) atoms. The maximum Gasteiger partial charge on any atom is 1.00 e. The molecule has 0 aromatic carbocycles. The third-order valence-electron chi connectivity index (χ3n) is 0.854. The molecule has 0 atom stereocenters. The molecule has 0 spiro atoms. The van der Waals surface area contributed by atoms with Crippen molar-refractivity contribution in [3.63, 3.8) is 0 Å². The number of allylic oxidation sites excluding steroid dienone is 2. The monoisotopic (exact) mass is 142 g/mol. The first kappa shape index (κ1) is 16.0. The van der Waals surface area contributed by atoms with Crippen LogP contribution in [0.15, 0.2) is 11.1 Å². The molecule has 0 amide bonds. The standard InChI is InChI=1S/C6H11.ClH.Na/c1-5(2)6(3)4;;/h1H2,2-4H3;1H;/q-1;;+1. The van der Waals surface area contributed by atoms with E-state index in [0.29, 0.717) is 0 Å². The topological polar surface area (TPSA) is 0 Å². The fraction of sp³-hybridized carbons (Fsp3) is 0.500. The van der Waals surface area contributed by atoms with Crippen molar-refractivity contribution >= 4 is 12.4 Å². The van der Waals surface area contributed by atoms with E-state index in [1.54, 1.807) is 0 Å². The van der Waals surface area contributed by atoms with Gasteiger partial charge in [0.2, 0.25) is 0 Å². The number of rotatable bonds is 0. The molecule has 0 saturated carbocycles. The van der Waals surface area contributed by atoms with Crippen LogP contribution in [-0.2, 0) is 0 Å². The Balaban J connectivity index is -0.000000125. The van der Waals surface area contributed by atoms with E-state index in [0.717, 1.165) is 0 Å². The molecule has 0 heterocycles. The first-order valence-electron chi connectivity index (χ1n) is 2.10. The van der Waals surface area contributed by atoms with Crippen LogP contribution in [0, 0.1) is 6.92 Å². The molecule has 0 aliphatic carbocycles. The van der Waals surface area contributed by atoms with Gasteiger partial charge in [-0.15, -0.1) is 26.3 Å². The minimum Gasteiger partial charge on any atom is -0.242 e. The zero-order chi connectivity index (χ0) is 5.15. The quantitative estimate of drug-likeness (QED) is 0.319. The Morgan fingerprint density at radius 1 is 1.12 bits per heavy atom. The molecule has 0 rings (SSSR count). The molecule has 0 nitrogen and oxygen atoms in total. The van der Waals surface area contributed by atoms with E-state index in [1.165, 1.54) is 11.1 Å². The van der Waals surface area contributed by atoms with Gasteiger partial charge in [-0.2, -0.15) is 0 Å². The van der Waals surface area contributed by atoms with Crippen molar-refractivity contribution in [1.29, 1.82) is 0 Å². The Kier molecular flexibility index (Phi) is 15.8. The Hall–Kier alpha value is 0.900. The van der Waals surface area contributed by atoms with Crippen LogP contribution in [0.3, 0.4) is 0 Å². The van der Waals surface area contributed by atoms with Crippen LogP contribution in [0.1, 0.15) is 20.8 Å². The predicted octanol–water partition coefficient (Wildman–Crippen LogP) is -0.397. The third-order valence-corrected chi connectivity index (χ3v) is 0.854. The molecule has 44 valence electrons. The second-order valence-electron chi connectivity index (χ2n) is 1.78. The summed E-state index contributed by atoms with van der Waals surface area (Å²) < 4.78 is 0. The van der Waals surface area contributed by atoms with Gasteiger partial charge in [-0.1, -0.05) is 6.92 Å². The van der Waals surface area contributed by atoms with Gasteiger partial charge in [0.1, 0.15) is 0 Å². The predicted molar refractivity (Wildman–Crippen MR) is 36.7 cm³/mol. The summed E-state index contributed by atoms with van der Waals surface area (Å²) in [5.41, 5.74) is 2.49. The molecule has 0 unspecified atom stereocenters.